The Hall–Kier alpha value is -2.04. The Morgan fingerprint density at radius 1 is 1.08 bits per heavy atom. The van der Waals surface area contributed by atoms with Crippen molar-refractivity contribution in [2.75, 3.05) is 19.8 Å². The van der Waals surface area contributed by atoms with Crippen LogP contribution in [0, 0.1) is 6.92 Å². The normalized spacial score (nSPS) is 22.8. The molecular weight excluding hydrogens is 314 g/mol. The van der Waals surface area contributed by atoms with Crippen molar-refractivity contribution < 1.29 is 14.6 Å². The van der Waals surface area contributed by atoms with Crippen LogP contribution in [0.25, 0.3) is 0 Å². The molecule has 2 atom stereocenters. The topological polar surface area (TPSA) is 64.7 Å². The van der Waals surface area contributed by atoms with Gasteiger partial charge in [-0.3, -0.25) is 0 Å². The Morgan fingerprint density at radius 2 is 1.80 bits per heavy atom. The predicted molar refractivity (Wildman–Crippen MR) is 99.2 cm³/mol. The van der Waals surface area contributed by atoms with E-state index in [-0.39, 0.29) is 6.61 Å². The Bertz CT molecular complexity index is 686. The van der Waals surface area contributed by atoms with Crippen molar-refractivity contribution in [3.8, 4) is 11.5 Å². The smallest absolute Gasteiger partial charge is 0.122 e. The summed E-state index contributed by atoms with van der Waals surface area (Å²) >= 11 is 0. The first kappa shape index (κ1) is 17.8. The van der Waals surface area contributed by atoms with Gasteiger partial charge in [-0.1, -0.05) is 24.3 Å². The van der Waals surface area contributed by atoms with Gasteiger partial charge in [0.05, 0.1) is 6.61 Å². The van der Waals surface area contributed by atoms with E-state index in [0.29, 0.717) is 19.1 Å². The Labute approximate surface area is 149 Å². The molecule has 4 nitrogen and oxygen atoms in total. The third-order valence-corrected chi connectivity index (χ3v) is 4.92. The molecule has 1 saturated carbocycles. The minimum absolute atomic E-state index is 0.0611. The highest BCUT2D eigenvalue weighted by Crippen LogP contribution is 2.39. The standard InChI is InChI=1S/C21H27NO3/c1-16-3-2-4-20(13-16)25-12-11-24-19-7-5-17(6-8-19)18-9-10-21(22,14-18)15-23/h2-8,13,18,23H,9-12,14-15,22H2,1H3/t18-,21-/m1/s1. The number of nitrogens with two attached hydrogens (primary N) is 1. The summed E-state index contributed by atoms with van der Waals surface area (Å²) in [6.45, 7) is 3.13. The lowest BCUT2D eigenvalue weighted by Gasteiger charge is -2.21. The molecule has 0 bridgehead atoms. The van der Waals surface area contributed by atoms with Gasteiger partial charge >= 0.3 is 0 Å². The number of aliphatic hydroxyl groups is 1. The molecule has 4 heteroatoms. The molecule has 0 unspecified atom stereocenters. The zero-order chi connectivity index (χ0) is 17.7. The van der Waals surface area contributed by atoms with Crippen LogP contribution < -0.4 is 15.2 Å². The van der Waals surface area contributed by atoms with Crippen LogP contribution >= 0.6 is 0 Å². The first-order chi connectivity index (χ1) is 12.1. The Balaban J connectivity index is 1.45. The highest BCUT2D eigenvalue weighted by atomic mass is 16.5. The van der Waals surface area contributed by atoms with E-state index in [4.69, 9.17) is 15.2 Å². The van der Waals surface area contributed by atoms with Crippen LogP contribution in [-0.2, 0) is 0 Å². The average Bonchev–Trinajstić information content (AvgIpc) is 3.02. The minimum Gasteiger partial charge on any atom is -0.490 e. The second-order valence-corrected chi connectivity index (χ2v) is 7.04. The Kier molecular flexibility index (Phi) is 5.61. The summed E-state index contributed by atoms with van der Waals surface area (Å²) in [5.41, 5.74) is 8.21. The molecule has 0 spiro atoms. The SMILES string of the molecule is Cc1cccc(OCCOc2ccc([C@@H]3CC[C@](N)(CO)C3)cc2)c1. The van der Waals surface area contributed by atoms with Gasteiger partial charge in [0.25, 0.3) is 0 Å². The lowest BCUT2D eigenvalue weighted by Crippen LogP contribution is -2.40. The molecule has 3 N–H and O–H groups in total. The quantitative estimate of drug-likeness (QED) is 0.758. The van der Waals surface area contributed by atoms with E-state index in [2.05, 4.69) is 12.1 Å². The van der Waals surface area contributed by atoms with E-state index in [1.807, 2.05) is 43.3 Å². The van der Waals surface area contributed by atoms with Gasteiger partial charge in [-0.25, -0.2) is 0 Å². The molecule has 134 valence electrons. The number of aliphatic hydroxyl groups excluding tert-OH is 1. The van der Waals surface area contributed by atoms with Crippen molar-refractivity contribution >= 4 is 0 Å². The van der Waals surface area contributed by atoms with Gasteiger partial charge in [0.1, 0.15) is 24.7 Å². The fourth-order valence-electron chi connectivity index (χ4n) is 3.45. The number of hydrogen-bond donors (Lipinski definition) is 2. The third kappa shape index (κ3) is 4.74. The van der Waals surface area contributed by atoms with E-state index < -0.39 is 5.54 Å². The van der Waals surface area contributed by atoms with Crippen LogP contribution in [0.4, 0.5) is 0 Å². The molecule has 0 saturated heterocycles. The van der Waals surface area contributed by atoms with Gasteiger partial charge in [-0.15, -0.1) is 0 Å². The highest BCUT2D eigenvalue weighted by Gasteiger charge is 2.35. The van der Waals surface area contributed by atoms with Gasteiger partial charge in [0.15, 0.2) is 0 Å². The molecule has 1 aliphatic carbocycles. The number of ether oxygens (including phenoxy) is 2. The number of benzene rings is 2. The summed E-state index contributed by atoms with van der Waals surface area (Å²) in [6, 6.07) is 16.2. The molecule has 0 aromatic heterocycles. The van der Waals surface area contributed by atoms with Crippen LogP contribution in [0.1, 0.15) is 36.3 Å². The lowest BCUT2D eigenvalue weighted by molar-refractivity contribution is 0.198. The van der Waals surface area contributed by atoms with Crippen molar-refractivity contribution in [2.45, 2.75) is 37.6 Å². The van der Waals surface area contributed by atoms with E-state index >= 15 is 0 Å². The molecular formula is C21H27NO3. The fourth-order valence-corrected chi connectivity index (χ4v) is 3.45. The van der Waals surface area contributed by atoms with E-state index in [0.717, 1.165) is 30.8 Å². The first-order valence-corrected chi connectivity index (χ1v) is 8.90. The largest absolute Gasteiger partial charge is 0.490 e. The number of aryl methyl sites for hydroxylation is 1. The average molecular weight is 341 g/mol. The van der Waals surface area contributed by atoms with Crippen LogP contribution in [0.3, 0.4) is 0 Å². The summed E-state index contributed by atoms with van der Waals surface area (Å²) in [7, 11) is 0. The monoisotopic (exact) mass is 341 g/mol. The molecule has 25 heavy (non-hydrogen) atoms. The van der Waals surface area contributed by atoms with Crippen molar-refractivity contribution in [2.24, 2.45) is 5.73 Å². The van der Waals surface area contributed by atoms with E-state index in [9.17, 15) is 5.11 Å². The van der Waals surface area contributed by atoms with E-state index in [1.54, 1.807) is 0 Å². The second-order valence-electron chi connectivity index (χ2n) is 7.04. The summed E-state index contributed by atoms with van der Waals surface area (Å²) < 4.78 is 11.4. The zero-order valence-corrected chi connectivity index (χ0v) is 14.8. The molecule has 0 amide bonds. The molecule has 1 fully saturated rings. The van der Waals surface area contributed by atoms with Crippen molar-refractivity contribution in [1.29, 1.82) is 0 Å². The maximum absolute atomic E-state index is 9.40. The van der Waals surface area contributed by atoms with Gasteiger partial charge in [-0.2, -0.15) is 0 Å². The second kappa shape index (κ2) is 7.89. The predicted octanol–water partition coefficient (Wildman–Crippen LogP) is 3.41. The van der Waals surface area contributed by atoms with Crippen LogP contribution in [0.5, 0.6) is 11.5 Å². The number of rotatable bonds is 7. The highest BCUT2D eigenvalue weighted by molar-refractivity contribution is 5.31. The molecule has 0 heterocycles. The molecule has 0 aliphatic heterocycles. The van der Waals surface area contributed by atoms with Gasteiger partial charge in [0, 0.05) is 5.54 Å². The molecule has 2 aromatic carbocycles. The maximum Gasteiger partial charge on any atom is 0.122 e. The minimum atomic E-state index is -0.410. The maximum atomic E-state index is 9.40. The van der Waals surface area contributed by atoms with Crippen molar-refractivity contribution in [1.82, 2.24) is 0 Å². The van der Waals surface area contributed by atoms with Crippen molar-refractivity contribution in [3.05, 3.63) is 59.7 Å². The van der Waals surface area contributed by atoms with Crippen LogP contribution in [0.15, 0.2) is 48.5 Å². The summed E-state index contributed by atoms with van der Waals surface area (Å²) in [5.74, 6) is 2.14. The lowest BCUT2D eigenvalue weighted by atomic mass is 9.94. The van der Waals surface area contributed by atoms with E-state index in [1.165, 1.54) is 11.1 Å². The van der Waals surface area contributed by atoms with Crippen LogP contribution in [-0.4, -0.2) is 30.5 Å². The van der Waals surface area contributed by atoms with Crippen molar-refractivity contribution in [3.63, 3.8) is 0 Å². The Morgan fingerprint density at radius 3 is 2.44 bits per heavy atom. The molecule has 2 aromatic rings. The fraction of sp³-hybridized carbons (Fsp3) is 0.429. The summed E-state index contributed by atoms with van der Waals surface area (Å²) in [6.07, 6.45) is 2.75. The van der Waals surface area contributed by atoms with Gasteiger partial charge in [-0.05, 0) is 67.5 Å². The first-order valence-electron chi connectivity index (χ1n) is 8.90. The molecule has 3 rings (SSSR count). The van der Waals surface area contributed by atoms with Gasteiger partial charge in [0.2, 0.25) is 0 Å². The third-order valence-electron chi connectivity index (χ3n) is 4.92. The summed E-state index contributed by atoms with van der Waals surface area (Å²) in [5, 5.41) is 9.40. The summed E-state index contributed by atoms with van der Waals surface area (Å²) in [4.78, 5) is 0. The van der Waals surface area contributed by atoms with Crippen LogP contribution in [0.2, 0.25) is 0 Å². The molecule has 0 radical (unpaired) electrons. The number of hydrogen-bond acceptors (Lipinski definition) is 4. The molecule has 1 aliphatic rings. The zero-order valence-electron chi connectivity index (χ0n) is 14.8. The van der Waals surface area contributed by atoms with Gasteiger partial charge < -0.3 is 20.3 Å².